The van der Waals surface area contributed by atoms with E-state index >= 15 is 0 Å². The fourth-order valence-corrected chi connectivity index (χ4v) is 1.44. The van der Waals surface area contributed by atoms with Crippen LogP contribution in [-0.2, 0) is 0 Å². The van der Waals surface area contributed by atoms with E-state index in [0.29, 0.717) is 6.29 Å². The first kappa shape index (κ1) is 9.52. The highest BCUT2D eigenvalue weighted by atomic mass is 16.1. The predicted molar refractivity (Wildman–Crippen MR) is 57.6 cm³/mol. The van der Waals surface area contributed by atoms with Crippen LogP contribution < -0.4 is 0 Å². The number of rotatable bonds is 2. The summed E-state index contributed by atoms with van der Waals surface area (Å²) in [5, 5.41) is 0. The van der Waals surface area contributed by atoms with Gasteiger partial charge in [-0.05, 0) is 18.6 Å². The standard InChI is InChI=1S/C12H10N2O/c1-9-4-2-3-5-10(9)11-6-7-13-12(8-15)14-11/h2-8H,1H3. The molecule has 1 aromatic carbocycles. The molecule has 0 atom stereocenters. The molecule has 0 saturated carbocycles. The summed E-state index contributed by atoms with van der Waals surface area (Å²) in [7, 11) is 0. The molecule has 0 aliphatic carbocycles. The first-order valence-electron chi connectivity index (χ1n) is 4.65. The summed E-state index contributed by atoms with van der Waals surface area (Å²) in [4.78, 5) is 18.5. The number of hydrogen-bond donors (Lipinski definition) is 0. The van der Waals surface area contributed by atoms with Crippen molar-refractivity contribution >= 4 is 6.29 Å². The lowest BCUT2D eigenvalue weighted by atomic mass is 10.1. The smallest absolute Gasteiger partial charge is 0.193 e. The fraction of sp³-hybridized carbons (Fsp3) is 0.0833. The Morgan fingerprint density at radius 3 is 2.73 bits per heavy atom. The molecular weight excluding hydrogens is 188 g/mol. The second-order valence-electron chi connectivity index (χ2n) is 3.23. The summed E-state index contributed by atoms with van der Waals surface area (Å²) in [5.74, 6) is 0.218. The highest BCUT2D eigenvalue weighted by Crippen LogP contribution is 2.19. The number of benzene rings is 1. The van der Waals surface area contributed by atoms with Crippen LogP contribution >= 0.6 is 0 Å². The van der Waals surface area contributed by atoms with Crippen molar-refractivity contribution in [3.8, 4) is 11.3 Å². The zero-order valence-electron chi connectivity index (χ0n) is 8.34. The number of aromatic nitrogens is 2. The Morgan fingerprint density at radius 2 is 2.00 bits per heavy atom. The van der Waals surface area contributed by atoms with Crippen molar-refractivity contribution in [2.45, 2.75) is 6.92 Å². The van der Waals surface area contributed by atoms with Crippen LogP contribution in [0.15, 0.2) is 36.5 Å². The molecular formula is C12H10N2O. The molecule has 3 heteroatoms. The predicted octanol–water partition coefficient (Wildman–Crippen LogP) is 2.26. The first-order chi connectivity index (χ1) is 7.31. The quantitative estimate of drug-likeness (QED) is 0.695. The topological polar surface area (TPSA) is 42.9 Å². The maximum atomic E-state index is 10.5. The lowest BCUT2D eigenvalue weighted by Gasteiger charge is -2.04. The molecule has 2 rings (SSSR count). The van der Waals surface area contributed by atoms with E-state index in [1.807, 2.05) is 31.2 Å². The fourth-order valence-electron chi connectivity index (χ4n) is 1.44. The Balaban J connectivity index is 2.54. The van der Waals surface area contributed by atoms with Crippen LogP contribution in [0, 0.1) is 6.92 Å². The van der Waals surface area contributed by atoms with E-state index in [-0.39, 0.29) is 5.82 Å². The Kier molecular flexibility index (Phi) is 2.54. The van der Waals surface area contributed by atoms with Crippen LogP contribution in [0.3, 0.4) is 0 Å². The van der Waals surface area contributed by atoms with Crippen LogP contribution in [-0.4, -0.2) is 16.3 Å². The number of aryl methyl sites for hydroxylation is 1. The Bertz CT molecular complexity index is 494. The van der Waals surface area contributed by atoms with E-state index in [9.17, 15) is 4.79 Å². The van der Waals surface area contributed by atoms with Crippen LogP contribution in [0.25, 0.3) is 11.3 Å². The van der Waals surface area contributed by atoms with Gasteiger partial charge in [0.1, 0.15) is 0 Å². The Labute approximate surface area is 87.8 Å². The summed E-state index contributed by atoms with van der Waals surface area (Å²) < 4.78 is 0. The molecule has 0 aliphatic heterocycles. The van der Waals surface area contributed by atoms with Crippen LogP contribution in [0.1, 0.15) is 16.2 Å². The lowest BCUT2D eigenvalue weighted by molar-refractivity contribution is 0.111. The Morgan fingerprint density at radius 1 is 1.20 bits per heavy atom. The van der Waals surface area contributed by atoms with Gasteiger partial charge in [-0.15, -0.1) is 0 Å². The number of hydrogen-bond acceptors (Lipinski definition) is 3. The molecule has 0 spiro atoms. The summed E-state index contributed by atoms with van der Waals surface area (Å²) in [5.41, 5.74) is 2.95. The van der Waals surface area contributed by atoms with E-state index in [0.717, 1.165) is 16.8 Å². The molecule has 0 aliphatic rings. The summed E-state index contributed by atoms with van der Waals surface area (Å²) in [6.07, 6.45) is 2.25. The monoisotopic (exact) mass is 198 g/mol. The van der Waals surface area contributed by atoms with Crippen LogP contribution in [0.5, 0.6) is 0 Å². The molecule has 0 N–H and O–H groups in total. The molecule has 3 nitrogen and oxygen atoms in total. The molecule has 0 radical (unpaired) electrons. The minimum Gasteiger partial charge on any atom is -0.294 e. The molecule has 0 bridgehead atoms. The number of aldehydes is 1. The zero-order valence-corrected chi connectivity index (χ0v) is 8.34. The number of nitrogens with zero attached hydrogens (tertiary/aromatic N) is 2. The van der Waals surface area contributed by atoms with Crippen LogP contribution in [0.4, 0.5) is 0 Å². The van der Waals surface area contributed by atoms with Gasteiger partial charge < -0.3 is 0 Å². The van der Waals surface area contributed by atoms with Crippen molar-refractivity contribution in [3.05, 3.63) is 47.9 Å². The maximum Gasteiger partial charge on any atom is 0.193 e. The highest BCUT2D eigenvalue weighted by Gasteiger charge is 2.03. The third-order valence-electron chi connectivity index (χ3n) is 2.20. The van der Waals surface area contributed by atoms with E-state index in [1.54, 1.807) is 12.3 Å². The van der Waals surface area contributed by atoms with Gasteiger partial charge in [0.05, 0.1) is 5.69 Å². The number of carbonyl (C=O) groups is 1. The maximum absolute atomic E-state index is 10.5. The van der Waals surface area contributed by atoms with Gasteiger partial charge in [0.25, 0.3) is 0 Å². The summed E-state index contributed by atoms with van der Waals surface area (Å²) in [6, 6.07) is 9.71. The largest absolute Gasteiger partial charge is 0.294 e. The van der Waals surface area contributed by atoms with Crippen molar-refractivity contribution in [2.75, 3.05) is 0 Å². The number of carbonyl (C=O) groups excluding carboxylic acids is 1. The average Bonchev–Trinajstić information content (AvgIpc) is 2.30. The molecule has 1 heterocycles. The van der Waals surface area contributed by atoms with Gasteiger partial charge in [0.2, 0.25) is 0 Å². The van der Waals surface area contributed by atoms with Crippen molar-refractivity contribution in [1.82, 2.24) is 9.97 Å². The van der Waals surface area contributed by atoms with Gasteiger partial charge in [-0.3, -0.25) is 4.79 Å². The second kappa shape index (κ2) is 4.00. The van der Waals surface area contributed by atoms with Crippen molar-refractivity contribution in [2.24, 2.45) is 0 Å². The van der Waals surface area contributed by atoms with E-state index in [2.05, 4.69) is 9.97 Å². The van der Waals surface area contributed by atoms with E-state index in [4.69, 9.17) is 0 Å². The summed E-state index contributed by atoms with van der Waals surface area (Å²) >= 11 is 0. The van der Waals surface area contributed by atoms with Crippen molar-refractivity contribution < 1.29 is 4.79 Å². The first-order valence-corrected chi connectivity index (χ1v) is 4.65. The molecule has 2 aromatic rings. The van der Waals surface area contributed by atoms with Gasteiger partial charge >= 0.3 is 0 Å². The third-order valence-corrected chi connectivity index (χ3v) is 2.20. The van der Waals surface area contributed by atoms with Gasteiger partial charge in [-0.25, -0.2) is 9.97 Å². The third kappa shape index (κ3) is 1.91. The van der Waals surface area contributed by atoms with Gasteiger partial charge in [-0.2, -0.15) is 0 Å². The normalized spacial score (nSPS) is 9.93. The second-order valence-corrected chi connectivity index (χ2v) is 3.23. The van der Waals surface area contributed by atoms with E-state index in [1.165, 1.54) is 0 Å². The van der Waals surface area contributed by atoms with Gasteiger partial charge in [0, 0.05) is 11.8 Å². The van der Waals surface area contributed by atoms with Gasteiger partial charge in [0.15, 0.2) is 12.1 Å². The molecule has 1 aromatic heterocycles. The Hall–Kier alpha value is -2.03. The van der Waals surface area contributed by atoms with Crippen LogP contribution in [0.2, 0.25) is 0 Å². The minimum atomic E-state index is 0.218. The van der Waals surface area contributed by atoms with E-state index < -0.39 is 0 Å². The lowest BCUT2D eigenvalue weighted by Crippen LogP contribution is -1.94. The molecule has 0 amide bonds. The molecule has 15 heavy (non-hydrogen) atoms. The zero-order chi connectivity index (χ0) is 10.7. The van der Waals surface area contributed by atoms with Crippen molar-refractivity contribution in [3.63, 3.8) is 0 Å². The van der Waals surface area contributed by atoms with Gasteiger partial charge in [-0.1, -0.05) is 24.3 Å². The highest BCUT2D eigenvalue weighted by molar-refractivity contribution is 5.71. The molecule has 0 unspecified atom stereocenters. The molecule has 0 saturated heterocycles. The SMILES string of the molecule is Cc1ccccc1-c1ccnc(C=O)n1. The summed E-state index contributed by atoms with van der Waals surface area (Å²) in [6.45, 7) is 2.01. The van der Waals surface area contributed by atoms with Crippen molar-refractivity contribution in [1.29, 1.82) is 0 Å². The molecule has 0 fully saturated rings. The minimum absolute atomic E-state index is 0.218. The molecule has 74 valence electrons. The average molecular weight is 198 g/mol.